The number of ether oxygens (including phenoxy) is 2. The highest BCUT2D eigenvalue weighted by molar-refractivity contribution is 5.76. The number of rotatable bonds is 8. The van der Waals surface area contributed by atoms with Crippen LogP contribution in [0.1, 0.15) is 39.0 Å². The molecule has 0 saturated carbocycles. The summed E-state index contributed by atoms with van der Waals surface area (Å²) < 4.78 is 10.6. The minimum Gasteiger partial charge on any atom is -0.481 e. The molecule has 1 heterocycles. The Labute approximate surface area is 120 Å². The monoisotopic (exact) mass is 287 g/mol. The second kappa shape index (κ2) is 8.92. The molecule has 0 aliphatic carbocycles. The van der Waals surface area contributed by atoms with Gasteiger partial charge in [0.05, 0.1) is 25.2 Å². The number of piperidine rings is 1. The molecule has 6 heteroatoms. The first-order chi connectivity index (χ1) is 9.52. The molecule has 6 nitrogen and oxygen atoms in total. The van der Waals surface area contributed by atoms with Crippen LogP contribution in [0.4, 0.5) is 0 Å². The van der Waals surface area contributed by atoms with Gasteiger partial charge in [-0.1, -0.05) is 0 Å². The molecule has 0 aromatic heterocycles. The lowest BCUT2D eigenvalue weighted by molar-refractivity contribution is -0.139. The minimum atomic E-state index is -0.843. The van der Waals surface area contributed by atoms with Crippen molar-refractivity contribution in [2.24, 2.45) is 0 Å². The number of nitrogens with zero attached hydrogens (tertiary/aromatic N) is 1. The van der Waals surface area contributed by atoms with Crippen LogP contribution >= 0.6 is 0 Å². The van der Waals surface area contributed by atoms with Crippen molar-refractivity contribution >= 4 is 11.9 Å². The van der Waals surface area contributed by atoms with Crippen molar-refractivity contribution in [3.63, 3.8) is 0 Å². The van der Waals surface area contributed by atoms with Crippen molar-refractivity contribution < 1.29 is 24.2 Å². The zero-order valence-corrected chi connectivity index (χ0v) is 12.3. The minimum absolute atomic E-state index is 0.0358. The second-order valence-corrected chi connectivity index (χ2v) is 5.18. The molecule has 1 aliphatic heterocycles. The fourth-order valence-corrected chi connectivity index (χ4v) is 2.19. The summed E-state index contributed by atoms with van der Waals surface area (Å²) in [5.74, 6) is -0.678. The molecule has 0 aromatic carbocycles. The summed E-state index contributed by atoms with van der Waals surface area (Å²) in [4.78, 5) is 24.2. The molecular formula is C14H25NO5. The van der Waals surface area contributed by atoms with Gasteiger partial charge in [-0.3, -0.25) is 9.59 Å². The van der Waals surface area contributed by atoms with E-state index in [1.54, 1.807) is 7.11 Å². The van der Waals surface area contributed by atoms with Gasteiger partial charge in [-0.2, -0.15) is 0 Å². The molecule has 1 saturated heterocycles. The standard InChI is InChI=1S/C14H25NO5/c1-11(19-2)3-4-13(16)15-8-5-12(6-9-15)20-10-7-14(17)18/h11-12H,3-10H2,1-2H3,(H,17,18). The van der Waals surface area contributed by atoms with Crippen LogP contribution in [0, 0.1) is 0 Å². The van der Waals surface area contributed by atoms with E-state index in [9.17, 15) is 9.59 Å². The molecule has 0 bridgehead atoms. The Kier molecular flexibility index (Phi) is 7.54. The molecule has 1 rings (SSSR count). The van der Waals surface area contributed by atoms with Gasteiger partial charge in [0.2, 0.25) is 5.91 Å². The lowest BCUT2D eigenvalue weighted by atomic mass is 10.1. The molecule has 116 valence electrons. The Hall–Kier alpha value is -1.14. The van der Waals surface area contributed by atoms with Gasteiger partial charge in [-0.05, 0) is 26.2 Å². The number of methoxy groups -OCH3 is 1. The second-order valence-electron chi connectivity index (χ2n) is 5.18. The average Bonchev–Trinajstić information content (AvgIpc) is 2.44. The van der Waals surface area contributed by atoms with Crippen LogP contribution in [0.25, 0.3) is 0 Å². The van der Waals surface area contributed by atoms with Gasteiger partial charge in [0.15, 0.2) is 0 Å². The van der Waals surface area contributed by atoms with Crippen molar-refractivity contribution in [2.75, 3.05) is 26.8 Å². The lowest BCUT2D eigenvalue weighted by Crippen LogP contribution is -2.41. The molecule has 0 spiro atoms. The quantitative estimate of drug-likeness (QED) is 0.728. The van der Waals surface area contributed by atoms with Crippen molar-refractivity contribution in [1.82, 2.24) is 4.90 Å². The number of carboxylic acids is 1. The lowest BCUT2D eigenvalue weighted by Gasteiger charge is -2.32. The maximum atomic E-state index is 12.0. The largest absolute Gasteiger partial charge is 0.481 e. The van der Waals surface area contributed by atoms with Gasteiger partial charge < -0.3 is 19.5 Å². The third-order valence-electron chi connectivity index (χ3n) is 3.63. The summed E-state index contributed by atoms with van der Waals surface area (Å²) in [6.07, 6.45) is 3.04. The molecule has 1 fully saturated rings. The maximum Gasteiger partial charge on any atom is 0.305 e. The van der Waals surface area contributed by atoms with Crippen molar-refractivity contribution in [1.29, 1.82) is 0 Å². The van der Waals surface area contributed by atoms with Gasteiger partial charge >= 0.3 is 5.97 Å². The Morgan fingerprint density at radius 3 is 2.50 bits per heavy atom. The van der Waals surface area contributed by atoms with E-state index >= 15 is 0 Å². The molecular weight excluding hydrogens is 262 g/mol. The highest BCUT2D eigenvalue weighted by atomic mass is 16.5. The topological polar surface area (TPSA) is 76.1 Å². The summed E-state index contributed by atoms with van der Waals surface area (Å²) in [5.41, 5.74) is 0. The summed E-state index contributed by atoms with van der Waals surface area (Å²) in [7, 11) is 1.65. The van der Waals surface area contributed by atoms with E-state index < -0.39 is 5.97 Å². The third kappa shape index (κ3) is 6.34. The van der Waals surface area contributed by atoms with Crippen LogP contribution in [0.2, 0.25) is 0 Å². The van der Waals surface area contributed by atoms with Gasteiger partial charge in [0.1, 0.15) is 0 Å². The molecule has 1 atom stereocenters. The number of amides is 1. The number of carbonyl (C=O) groups is 2. The smallest absolute Gasteiger partial charge is 0.305 e. The van der Waals surface area contributed by atoms with Crippen molar-refractivity contribution in [2.45, 2.75) is 51.2 Å². The first kappa shape index (κ1) is 16.9. The number of carboxylic acid groups (broad SMARTS) is 1. The van der Waals surface area contributed by atoms with Crippen LogP contribution in [-0.2, 0) is 19.1 Å². The zero-order valence-electron chi connectivity index (χ0n) is 12.3. The van der Waals surface area contributed by atoms with Crippen LogP contribution in [-0.4, -0.2) is 60.9 Å². The van der Waals surface area contributed by atoms with Crippen LogP contribution in [0.5, 0.6) is 0 Å². The summed E-state index contributed by atoms with van der Waals surface area (Å²) >= 11 is 0. The predicted molar refractivity (Wildman–Crippen MR) is 73.5 cm³/mol. The molecule has 1 aliphatic rings. The molecule has 0 radical (unpaired) electrons. The molecule has 1 amide bonds. The summed E-state index contributed by atoms with van der Waals surface area (Å²) in [6, 6.07) is 0. The zero-order chi connectivity index (χ0) is 15.0. The van der Waals surface area contributed by atoms with Crippen molar-refractivity contribution in [3.05, 3.63) is 0 Å². The number of hydrogen-bond donors (Lipinski definition) is 1. The van der Waals surface area contributed by atoms with E-state index in [0.29, 0.717) is 19.5 Å². The van der Waals surface area contributed by atoms with E-state index in [0.717, 1.165) is 19.3 Å². The third-order valence-corrected chi connectivity index (χ3v) is 3.63. The average molecular weight is 287 g/mol. The first-order valence-electron chi connectivity index (χ1n) is 7.17. The molecule has 1 N–H and O–H groups in total. The Balaban J connectivity index is 2.17. The Bertz CT molecular complexity index is 313. The fourth-order valence-electron chi connectivity index (χ4n) is 2.19. The van der Waals surface area contributed by atoms with Crippen molar-refractivity contribution in [3.8, 4) is 0 Å². The van der Waals surface area contributed by atoms with Crippen LogP contribution in [0.15, 0.2) is 0 Å². The Morgan fingerprint density at radius 2 is 1.95 bits per heavy atom. The predicted octanol–water partition coefficient (Wildman–Crippen LogP) is 1.28. The highest BCUT2D eigenvalue weighted by Gasteiger charge is 2.23. The fraction of sp³-hybridized carbons (Fsp3) is 0.857. The molecule has 20 heavy (non-hydrogen) atoms. The Morgan fingerprint density at radius 1 is 1.30 bits per heavy atom. The highest BCUT2D eigenvalue weighted by Crippen LogP contribution is 2.15. The van der Waals surface area contributed by atoms with Crippen LogP contribution < -0.4 is 0 Å². The van der Waals surface area contributed by atoms with E-state index in [-0.39, 0.29) is 31.1 Å². The summed E-state index contributed by atoms with van der Waals surface area (Å²) in [5, 5.41) is 8.54. The van der Waals surface area contributed by atoms with Gasteiger partial charge in [0, 0.05) is 26.6 Å². The van der Waals surface area contributed by atoms with E-state index in [1.807, 2.05) is 11.8 Å². The number of likely N-dealkylation sites (tertiary alicyclic amines) is 1. The SMILES string of the molecule is COC(C)CCC(=O)N1CCC(OCCC(=O)O)CC1. The first-order valence-corrected chi connectivity index (χ1v) is 7.17. The van der Waals surface area contributed by atoms with Gasteiger partial charge in [-0.25, -0.2) is 0 Å². The maximum absolute atomic E-state index is 12.0. The summed E-state index contributed by atoms with van der Waals surface area (Å²) in [6.45, 7) is 3.59. The van der Waals surface area contributed by atoms with Gasteiger partial charge in [0.25, 0.3) is 0 Å². The van der Waals surface area contributed by atoms with Crippen LogP contribution in [0.3, 0.4) is 0 Å². The van der Waals surface area contributed by atoms with E-state index in [4.69, 9.17) is 14.6 Å². The van der Waals surface area contributed by atoms with E-state index in [2.05, 4.69) is 0 Å². The van der Waals surface area contributed by atoms with Gasteiger partial charge in [-0.15, -0.1) is 0 Å². The number of hydrogen-bond acceptors (Lipinski definition) is 4. The molecule has 1 unspecified atom stereocenters. The normalized spacial score (nSPS) is 18.0. The van der Waals surface area contributed by atoms with E-state index in [1.165, 1.54) is 0 Å². The number of aliphatic carboxylic acids is 1. The molecule has 0 aromatic rings. The number of carbonyl (C=O) groups excluding carboxylic acids is 1.